The minimum atomic E-state index is -0.510. The minimum Gasteiger partial charge on any atom is -0.464 e. The van der Waals surface area contributed by atoms with Crippen molar-refractivity contribution in [2.45, 2.75) is 26.5 Å². The molecule has 0 fully saturated rings. The fourth-order valence-electron chi connectivity index (χ4n) is 1.98. The van der Waals surface area contributed by atoms with Crippen molar-refractivity contribution in [3.05, 3.63) is 52.4 Å². The highest BCUT2D eigenvalue weighted by Gasteiger charge is 2.11. The molecule has 2 rings (SSSR count). The van der Waals surface area contributed by atoms with Crippen LogP contribution in [-0.2, 0) is 6.54 Å². The van der Waals surface area contributed by atoms with E-state index in [4.69, 9.17) is 16.0 Å². The second kappa shape index (κ2) is 5.68. The zero-order chi connectivity index (χ0) is 14.0. The van der Waals surface area contributed by atoms with Crippen LogP contribution in [0.4, 0.5) is 5.69 Å². The SMILES string of the molecule is Cc1ccc(CN(C)c2ccc([C@@H](C)O)cc2Cl)o1. The summed E-state index contributed by atoms with van der Waals surface area (Å²) >= 11 is 6.26. The quantitative estimate of drug-likeness (QED) is 0.921. The van der Waals surface area contributed by atoms with E-state index in [1.807, 2.05) is 43.1 Å². The standard InChI is InChI=1S/C15H18ClNO2/c1-10-4-6-13(19-10)9-17(3)15-7-5-12(11(2)18)8-14(15)16/h4-8,11,18H,9H2,1-3H3/t11-/m1/s1. The van der Waals surface area contributed by atoms with Crippen LogP contribution in [0.15, 0.2) is 34.7 Å². The summed E-state index contributed by atoms with van der Waals surface area (Å²) in [5, 5.41) is 10.2. The van der Waals surface area contributed by atoms with Gasteiger partial charge in [0.15, 0.2) is 0 Å². The van der Waals surface area contributed by atoms with E-state index in [2.05, 4.69) is 0 Å². The van der Waals surface area contributed by atoms with E-state index in [9.17, 15) is 5.11 Å². The van der Waals surface area contributed by atoms with Gasteiger partial charge in [0.25, 0.3) is 0 Å². The Hall–Kier alpha value is -1.45. The Morgan fingerprint density at radius 3 is 2.58 bits per heavy atom. The molecule has 0 amide bonds. The van der Waals surface area contributed by atoms with Crippen molar-refractivity contribution < 1.29 is 9.52 Å². The van der Waals surface area contributed by atoms with Gasteiger partial charge in [0.2, 0.25) is 0 Å². The molecule has 0 radical (unpaired) electrons. The van der Waals surface area contributed by atoms with Crippen LogP contribution in [0.25, 0.3) is 0 Å². The van der Waals surface area contributed by atoms with Gasteiger partial charge in [-0.15, -0.1) is 0 Å². The van der Waals surface area contributed by atoms with Gasteiger partial charge in [-0.1, -0.05) is 17.7 Å². The highest BCUT2D eigenvalue weighted by molar-refractivity contribution is 6.33. The van der Waals surface area contributed by atoms with Gasteiger partial charge >= 0.3 is 0 Å². The molecule has 3 nitrogen and oxygen atoms in total. The molecule has 1 heterocycles. The van der Waals surface area contributed by atoms with Crippen molar-refractivity contribution in [2.75, 3.05) is 11.9 Å². The largest absolute Gasteiger partial charge is 0.464 e. The smallest absolute Gasteiger partial charge is 0.123 e. The molecule has 0 aliphatic rings. The maximum absolute atomic E-state index is 9.53. The Bertz CT molecular complexity index is 563. The molecular weight excluding hydrogens is 262 g/mol. The number of rotatable bonds is 4. The summed E-state index contributed by atoms with van der Waals surface area (Å²) in [5.41, 5.74) is 1.73. The molecule has 4 heteroatoms. The summed E-state index contributed by atoms with van der Waals surface area (Å²) in [6.45, 7) is 4.30. The maximum atomic E-state index is 9.53. The van der Waals surface area contributed by atoms with Crippen LogP contribution in [-0.4, -0.2) is 12.2 Å². The number of hydrogen-bond donors (Lipinski definition) is 1. The highest BCUT2D eigenvalue weighted by Crippen LogP contribution is 2.29. The summed E-state index contributed by atoms with van der Waals surface area (Å²) in [6, 6.07) is 9.51. The van der Waals surface area contributed by atoms with Crippen LogP contribution in [0, 0.1) is 6.92 Å². The third kappa shape index (κ3) is 3.31. The number of anilines is 1. The molecule has 1 aromatic heterocycles. The summed E-state index contributed by atoms with van der Waals surface area (Å²) in [5.74, 6) is 1.80. The molecule has 1 N–H and O–H groups in total. The van der Waals surface area contributed by atoms with Gasteiger partial charge < -0.3 is 14.4 Å². The molecule has 0 aliphatic carbocycles. The average molecular weight is 280 g/mol. The molecule has 0 bridgehead atoms. The predicted molar refractivity (Wildman–Crippen MR) is 77.6 cm³/mol. The Morgan fingerprint density at radius 2 is 2.05 bits per heavy atom. The van der Waals surface area contributed by atoms with E-state index in [1.165, 1.54) is 0 Å². The van der Waals surface area contributed by atoms with Gasteiger partial charge in [-0.2, -0.15) is 0 Å². The first-order chi connectivity index (χ1) is 8.97. The third-order valence-corrected chi connectivity index (χ3v) is 3.36. The van der Waals surface area contributed by atoms with Crippen molar-refractivity contribution in [3.63, 3.8) is 0 Å². The predicted octanol–water partition coefficient (Wildman–Crippen LogP) is 3.93. The lowest BCUT2D eigenvalue weighted by Crippen LogP contribution is -2.16. The normalized spacial score (nSPS) is 12.5. The molecule has 1 aromatic carbocycles. The third-order valence-electron chi connectivity index (χ3n) is 3.05. The van der Waals surface area contributed by atoms with E-state index in [0.717, 1.165) is 22.8 Å². The van der Waals surface area contributed by atoms with Gasteiger partial charge in [0, 0.05) is 7.05 Å². The Balaban J connectivity index is 2.17. The Morgan fingerprint density at radius 1 is 1.32 bits per heavy atom. The fraction of sp³-hybridized carbons (Fsp3) is 0.333. The lowest BCUT2D eigenvalue weighted by Gasteiger charge is -2.20. The van der Waals surface area contributed by atoms with Crippen molar-refractivity contribution in [3.8, 4) is 0 Å². The van der Waals surface area contributed by atoms with E-state index in [0.29, 0.717) is 11.6 Å². The first kappa shape index (κ1) is 14.0. The molecule has 19 heavy (non-hydrogen) atoms. The van der Waals surface area contributed by atoms with Crippen LogP contribution in [0.1, 0.15) is 30.1 Å². The molecule has 0 aliphatic heterocycles. The van der Waals surface area contributed by atoms with Crippen molar-refractivity contribution in [1.29, 1.82) is 0 Å². The van der Waals surface area contributed by atoms with E-state index in [-0.39, 0.29) is 0 Å². The number of aliphatic hydroxyl groups is 1. The summed E-state index contributed by atoms with van der Waals surface area (Å²) in [4.78, 5) is 2.02. The Kier molecular flexibility index (Phi) is 4.17. The second-order valence-electron chi connectivity index (χ2n) is 4.76. The van der Waals surface area contributed by atoms with Crippen molar-refractivity contribution in [2.24, 2.45) is 0 Å². The van der Waals surface area contributed by atoms with Crippen LogP contribution in [0.2, 0.25) is 5.02 Å². The maximum Gasteiger partial charge on any atom is 0.123 e. The van der Waals surface area contributed by atoms with Crippen molar-refractivity contribution >= 4 is 17.3 Å². The zero-order valence-electron chi connectivity index (χ0n) is 11.4. The fourth-order valence-corrected chi connectivity index (χ4v) is 2.31. The molecule has 2 aromatic rings. The van der Waals surface area contributed by atoms with Gasteiger partial charge in [-0.05, 0) is 43.7 Å². The topological polar surface area (TPSA) is 36.6 Å². The number of aliphatic hydroxyl groups excluding tert-OH is 1. The number of halogens is 1. The number of benzene rings is 1. The molecule has 102 valence electrons. The number of aryl methyl sites for hydroxylation is 1. The lowest BCUT2D eigenvalue weighted by molar-refractivity contribution is 0.199. The minimum absolute atomic E-state index is 0.510. The monoisotopic (exact) mass is 279 g/mol. The second-order valence-corrected chi connectivity index (χ2v) is 5.16. The van der Waals surface area contributed by atoms with Crippen LogP contribution in [0.5, 0.6) is 0 Å². The van der Waals surface area contributed by atoms with Gasteiger partial charge in [0.05, 0.1) is 23.4 Å². The molecule has 0 saturated carbocycles. The van der Waals surface area contributed by atoms with Gasteiger partial charge in [0.1, 0.15) is 11.5 Å². The molecule has 0 saturated heterocycles. The molecule has 0 unspecified atom stereocenters. The van der Waals surface area contributed by atoms with E-state index in [1.54, 1.807) is 13.0 Å². The molecule has 0 spiro atoms. The van der Waals surface area contributed by atoms with Crippen molar-refractivity contribution in [1.82, 2.24) is 0 Å². The summed E-state index contributed by atoms with van der Waals surface area (Å²) < 4.78 is 5.55. The molecule has 1 atom stereocenters. The summed E-state index contributed by atoms with van der Waals surface area (Å²) in [6.07, 6.45) is -0.510. The van der Waals surface area contributed by atoms with Gasteiger partial charge in [-0.25, -0.2) is 0 Å². The lowest BCUT2D eigenvalue weighted by atomic mass is 10.1. The van der Waals surface area contributed by atoms with E-state index >= 15 is 0 Å². The summed E-state index contributed by atoms with van der Waals surface area (Å²) in [7, 11) is 1.96. The zero-order valence-corrected chi connectivity index (χ0v) is 12.1. The number of nitrogens with zero attached hydrogens (tertiary/aromatic N) is 1. The number of furan rings is 1. The van der Waals surface area contributed by atoms with Crippen LogP contribution in [0.3, 0.4) is 0 Å². The molecular formula is C15H18ClNO2. The van der Waals surface area contributed by atoms with Crippen LogP contribution < -0.4 is 4.90 Å². The van der Waals surface area contributed by atoms with Crippen LogP contribution >= 0.6 is 11.6 Å². The first-order valence-corrected chi connectivity index (χ1v) is 6.59. The van der Waals surface area contributed by atoms with E-state index < -0.39 is 6.10 Å². The Labute approximate surface area is 118 Å². The van der Waals surface area contributed by atoms with Gasteiger partial charge in [-0.3, -0.25) is 0 Å². The number of hydrogen-bond acceptors (Lipinski definition) is 3. The highest BCUT2D eigenvalue weighted by atomic mass is 35.5. The average Bonchev–Trinajstić information content (AvgIpc) is 2.74. The first-order valence-electron chi connectivity index (χ1n) is 6.21.